The monoisotopic (exact) mass is 355 g/mol. The van der Waals surface area contributed by atoms with Crippen molar-refractivity contribution in [1.82, 2.24) is 20.4 Å². The van der Waals surface area contributed by atoms with Crippen LogP contribution in [0, 0.1) is 0 Å². The molecule has 0 aromatic rings. The van der Waals surface area contributed by atoms with Crippen molar-refractivity contribution in [2.75, 3.05) is 45.9 Å². The second-order valence-corrected chi connectivity index (χ2v) is 6.04. The molecule has 144 valence electrons. The minimum Gasteiger partial charge on any atom is -0.450 e. The molecule has 2 amide bonds. The number of rotatable bonds is 7. The quantitative estimate of drug-likeness (QED) is 0.526. The van der Waals surface area contributed by atoms with Crippen LogP contribution in [0.15, 0.2) is 4.99 Å². The predicted octanol–water partition coefficient (Wildman–Crippen LogP) is 1.03. The van der Waals surface area contributed by atoms with E-state index >= 15 is 0 Å². The maximum Gasteiger partial charge on any atom is 0.409 e. The molecule has 0 aliphatic carbocycles. The van der Waals surface area contributed by atoms with Gasteiger partial charge in [0.25, 0.3) is 0 Å². The van der Waals surface area contributed by atoms with Crippen LogP contribution in [0.1, 0.15) is 40.5 Å². The molecule has 0 aromatic carbocycles. The van der Waals surface area contributed by atoms with E-state index in [2.05, 4.69) is 20.5 Å². The summed E-state index contributed by atoms with van der Waals surface area (Å²) in [6.45, 7) is 12.1. The summed E-state index contributed by atoms with van der Waals surface area (Å²) in [4.78, 5) is 32.0. The highest BCUT2D eigenvalue weighted by molar-refractivity contribution is 5.81. The van der Waals surface area contributed by atoms with Gasteiger partial charge in [-0.3, -0.25) is 9.79 Å². The highest BCUT2D eigenvalue weighted by Crippen LogP contribution is 2.04. The van der Waals surface area contributed by atoms with E-state index < -0.39 is 0 Å². The summed E-state index contributed by atoms with van der Waals surface area (Å²) in [5.41, 5.74) is 0. The molecule has 1 saturated heterocycles. The fraction of sp³-hybridized carbons (Fsp3) is 0.824. The van der Waals surface area contributed by atoms with Gasteiger partial charge in [-0.1, -0.05) is 6.92 Å². The molecule has 2 N–H and O–H groups in total. The van der Waals surface area contributed by atoms with Crippen LogP contribution >= 0.6 is 0 Å². The van der Waals surface area contributed by atoms with E-state index in [9.17, 15) is 9.59 Å². The first-order chi connectivity index (χ1) is 12.0. The number of hydrogen-bond donors (Lipinski definition) is 2. The summed E-state index contributed by atoms with van der Waals surface area (Å²) in [7, 11) is 0. The summed E-state index contributed by atoms with van der Waals surface area (Å²) >= 11 is 0. The Kier molecular flexibility index (Phi) is 9.72. The maximum atomic E-state index is 11.8. The van der Waals surface area contributed by atoms with Gasteiger partial charge in [0.2, 0.25) is 5.91 Å². The Hall–Kier alpha value is -1.99. The molecule has 1 aliphatic heterocycles. The third-order valence-corrected chi connectivity index (χ3v) is 4.06. The molecule has 0 spiro atoms. The molecule has 1 atom stereocenters. The van der Waals surface area contributed by atoms with Gasteiger partial charge in [0.1, 0.15) is 0 Å². The van der Waals surface area contributed by atoms with Gasteiger partial charge in [-0.15, -0.1) is 0 Å². The summed E-state index contributed by atoms with van der Waals surface area (Å²) in [5, 5.41) is 6.20. The number of carbonyl (C=O) groups is 2. The second-order valence-electron chi connectivity index (χ2n) is 6.04. The molecule has 8 nitrogen and oxygen atoms in total. The van der Waals surface area contributed by atoms with Gasteiger partial charge in [0.05, 0.1) is 13.2 Å². The zero-order valence-corrected chi connectivity index (χ0v) is 16.0. The summed E-state index contributed by atoms with van der Waals surface area (Å²) in [6, 6.07) is 0.195. The summed E-state index contributed by atoms with van der Waals surface area (Å²) in [6.07, 6.45) is 1.04. The number of nitrogens with one attached hydrogen (secondary N) is 2. The molecular formula is C17H33N5O3. The van der Waals surface area contributed by atoms with Gasteiger partial charge in [0, 0.05) is 45.2 Å². The van der Waals surface area contributed by atoms with Crippen LogP contribution in [0.25, 0.3) is 0 Å². The van der Waals surface area contributed by atoms with Gasteiger partial charge < -0.3 is 25.2 Å². The van der Waals surface area contributed by atoms with Crippen molar-refractivity contribution in [3.05, 3.63) is 0 Å². The van der Waals surface area contributed by atoms with Gasteiger partial charge in [-0.05, 0) is 27.2 Å². The molecule has 0 bridgehead atoms. The van der Waals surface area contributed by atoms with Crippen LogP contribution in [0.2, 0.25) is 0 Å². The van der Waals surface area contributed by atoms with Gasteiger partial charge in [-0.2, -0.15) is 0 Å². The van der Waals surface area contributed by atoms with Crippen LogP contribution in [0.4, 0.5) is 4.79 Å². The SMILES string of the molecule is CCNC(=NCCC(=O)NC(C)CC)N1CCN(C(=O)OCC)CC1. The van der Waals surface area contributed by atoms with Crippen molar-refractivity contribution in [2.24, 2.45) is 4.99 Å². The van der Waals surface area contributed by atoms with Crippen LogP contribution in [0.3, 0.4) is 0 Å². The molecule has 1 fully saturated rings. The Labute approximate surface area is 151 Å². The molecule has 1 rings (SSSR count). The number of piperazine rings is 1. The fourth-order valence-corrected chi connectivity index (χ4v) is 2.45. The minimum absolute atomic E-state index is 0.0288. The lowest BCUT2D eigenvalue weighted by atomic mass is 10.2. The number of carbonyl (C=O) groups excluding carboxylic acids is 2. The van der Waals surface area contributed by atoms with Crippen LogP contribution in [-0.4, -0.2) is 79.7 Å². The number of ether oxygens (including phenoxy) is 1. The second kappa shape index (κ2) is 11.5. The number of aliphatic imine (C=N–C) groups is 1. The summed E-state index contributed by atoms with van der Waals surface area (Å²) < 4.78 is 5.03. The third-order valence-electron chi connectivity index (χ3n) is 4.06. The Bertz CT molecular complexity index is 448. The van der Waals surface area contributed by atoms with E-state index in [-0.39, 0.29) is 18.0 Å². The van der Waals surface area contributed by atoms with E-state index in [0.29, 0.717) is 45.8 Å². The van der Waals surface area contributed by atoms with E-state index in [1.165, 1.54) is 0 Å². The highest BCUT2D eigenvalue weighted by atomic mass is 16.6. The predicted molar refractivity (Wildman–Crippen MR) is 98.7 cm³/mol. The minimum atomic E-state index is -0.259. The van der Waals surface area contributed by atoms with Gasteiger partial charge in [-0.25, -0.2) is 4.79 Å². The van der Waals surface area contributed by atoms with E-state index in [4.69, 9.17) is 4.74 Å². The van der Waals surface area contributed by atoms with E-state index in [1.54, 1.807) is 4.90 Å². The zero-order chi connectivity index (χ0) is 18.7. The Morgan fingerprint density at radius 2 is 1.76 bits per heavy atom. The lowest BCUT2D eigenvalue weighted by Crippen LogP contribution is -2.54. The van der Waals surface area contributed by atoms with E-state index in [0.717, 1.165) is 18.9 Å². The van der Waals surface area contributed by atoms with Crippen molar-refractivity contribution in [3.8, 4) is 0 Å². The lowest BCUT2D eigenvalue weighted by Gasteiger charge is -2.35. The average molecular weight is 355 g/mol. The van der Waals surface area contributed by atoms with Crippen molar-refractivity contribution >= 4 is 18.0 Å². The number of hydrogen-bond acceptors (Lipinski definition) is 4. The molecular weight excluding hydrogens is 322 g/mol. The number of guanidine groups is 1. The average Bonchev–Trinajstić information content (AvgIpc) is 2.61. The fourth-order valence-electron chi connectivity index (χ4n) is 2.45. The molecule has 1 heterocycles. The summed E-state index contributed by atoms with van der Waals surface area (Å²) in [5.74, 6) is 0.823. The molecule has 0 aromatic heterocycles. The number of nitrogens with zero attached hydrogens (tertiary/aromatic N) is 3. The Morgan fingerprint density at radius 3 is 2.32 bits per heavy atom. The molecule has 0 radical (unpaired) electrons. The van der Waals surface area contributed by atoms with Gasteiger partial charge >= 0.3 is 6.09 Å². The largest absolute Gasteiger partial charge is 0.450 e. The molecule has 8 heteroatoms. The first kappa shape index (κ1) is 21.1. The topological polar surface area (TPSA) is 86.3 Å². The maximum absolute atomic E-state index is 11.8. The van der Waals surface area contributed by atoms with Crippen LogP contribution in [-0.2, 0) is 9.53 Å². The normalized spacial score (nSPS) is 16.4. The Morgan fingerprint density at radius 1 is 1.12 bits per heavy atom. The standard InChI is InChI=1S/C17H33N5O3/c1-5-14(4)20-15(23)8-9-19-16(18-6-2)21-10-12-22(13-11-21)17(24)25-7-3/h14H,5-13H2,1-4H3,(H,18,19)(H,20,23). The van der Waals surface area contributed by atoms with Crippen molar-refractivity contribution in [2.45, 2.75) is 46.6 Å². The lowest BCUT2D eigenvalue weighted by molar-refractivity contribution is -0.121. The Balaban J connectivity index is 2.48. The highest BCUT2D eigenvalue weighted by Gasteiger charge is 2.23. The zero-order valence-electron chi connectivity index (χ0n) is 16.0. The van der Waals surface area contributed by atoms with Crippen molar-refractivity contribution < 1.29 is 14.3 Å². The molecule has 1 unspecified atom stereocenters. The van der Waals surface area contributed by atoms with Crippen LogP contribution < -0.4 is 10.6 Å². The molecule has 0 saturated carbocycles. The third kappa shape index (κ3) is 7.62. The van der Waals surface area contributed by atoms with Crippen molar-refractivity contribution in [1.29, 1.82) is 0 Å². The van der Waals surface area contributed by atoms with Gasteiger partial charge in [0.15, 0.2) is 5.96 Å². The van der Waals surface area contributed by atoms with E-state index in [1.807, 2.05) is 27.7 Å². The first-order valence-corrected chi connectivity index (χ1v) is 9.26. The number of amides is 2. The molecule has 25 heavy (non-hydrogen) atoms. The first-order valence-electron chi connectivity index (χ1n) is 9.26. The van der Waals surface area contributed by atoms with Crippen LogP contribution in [0.5, 0.6) is 0 Å². The molecule has 1 aliphatic rings. The van der Waals surface area contributed by atoms with Crippen molar-refractivity contribution in [3.63, 3.8) is 0 Å². The smallest absolute Gasteiger partial charge is 0.409 e.